The van der Waals surface area contributed by atoms with Crippen molar-refractivity contribution in [2.24, 2.45) is 0 Å². The standard InChI is InChI=1S/C19H20ClNO6/c1-11(27-13-7-5-12(20)6-8-13)18(22)21-15-10-17(25-3)16(24-2)9-14(15)19(23)26-4/h5-11H,1-4H3,(H,21,22)/t11-/m1/s1. The van der Waals surface area contributed by atoms with E-state index in [-0.39, 0.29) is 11.3 Å². The molecule has 0 aliphatic carbocycles. The fourth-order valence-electron chi connectivity index (χ4n) is 2.27. The topological polar surface area (TPSA) is 83.1 Å². The number of methoxy groups -OCH3 is 3. The smallest absolute Gasteiger partial charge is 0.340 e. The summed E-state index contributed by atoms with van der Waals surface area (Å²) in [5.41, 5.74) is 0.346. The number of carbonyl (C=O) groups is 2. The van der Waals surface area contributed by atoms with Crippen LogP contribution in [0.3, 0.4) is 0 Å². The van der Waals surface area contributed by atoms with Crippen molar-refractivity contribution >= 4 is 29.2 Å². The Kier molecular flexibility index (Phi) is 6.90. The van der Waals surface area contributed by atoms with Gasteiger partial charge in [0.1, 0.15) is 5.75 Å². The molecule has 27 heavy (non-hydrogen) atoms. The Morgan fingerprint density at radius 3 is 2.15 bits per heavy atom. The maximum atomic E-state index is 12.5. The largest absolute Gasteiger partial charge is 0.493 e. The summed E-state index contributed by atoms with van der Waals surface area (Å²) in [5.74, 6) is 0.0930. The Hall–Kier alpha value is -2.93. The zero-order valence-electron chi connectivity index (χ0n) is 15.4. The highest BCUT2D eigenvalue weighted by Gasteiger charge is 2.22. The van der Waals surface area contributed by atoms with Crippen molar-refractivity contribution in [1.29, 1.82) is 0 Å². The van der Waals surface area contributed by atoms with Crippen molar-refractivity contribution in [2.45, 2.75) is 13.0 Å². The van der Waals surface area contributed by atoms with Gasteiger partial charge in [0.25, 0.3) is 5.91 Å². The summed E-state index contributed by atoms with van der Waals surface area (Å²) < 4.78 is 20.8. The lowest BCUT2D eigenvalue weighted by Gasteiger charge is -2.18. The van der Waals surface area contributed by atoms with Gasteiger partial charge in [0, 0.05) is 17.2 Å². The molecule has 0 radical (unpaired) electrons. The molecule has 0 saturated carbocycles. The molecule has 0 unspecified atom stereocenters. The Morgan fingerprint density at radius 1 is 1.00 bits per heavy atom. The average Bonchev–Trinajstić information content (AvgIpc) is 2.68. The summed E-state index contributed by atoms with van der Waals surface area (Å²) in [6.07, 6.45) is -0.829. The van der Waals surface area contributed by atoms with E-state index in [9.17, 15) is 9.59 Å². The van der Waals surface area contributed by atoms with E-state index in [2.05, 4.69) is 5.32 Å². The van der Waals surface area contributed by atoms with E-state index in [1.807, 2.05) is 0 Å². The molecule has 2 aromatic rings. The number of ether oxygens (including phenoxy) is 4. The molecule has 2 aromatic carbocycles. The number of hydrogen-bond acceptors (Lipinski definition) is 6. The third-order valence-electron chi connectivity index (χ3n) is 3.68. The van der Waals surface area contributed by atoms with E-state index in [1.54, 1.807) is 31.2 Å². The first kappa shape index (κ1) is 20.4. The van der Waals surface area contributed by atoms with Crippen molar-refractivity contribution < 1.29 is 28.5 Å². The lowest BCUT2D eigenvalue weighted by molar-refractivity contribution is -0.122. The SMILES string of the molecule is COC(=O)c1cc(OC)c(OC)cc1NC(=O)[C@@H](C)Oc1ccc(Cl)cc1. The van der Waals surface area contributed by atoms with Gasteiger partial charge in [-0.1, -0.05) is 11.6 Å². The second kappa shape index (κ2) is 9.14. The van der Waals surface area contributed by atoms with Crippen LogP contribution in [0.1, 0.15) is 17.3 Å². The maximum Gasteiger partial charge on any atom is 0.340 e. The molecule has 144 valence electrons. The first-order valence-corrected chi connectivity index (χ1v) is 8.34. The molecule has 1 N–H and O–H groups in total. The predicted octanol–water partition coefficient (Wildman–Crippen LogP) is 3.55. The summed E-state index contributed by atoms with van der Waals surface area (Å²) >= 11 is 5.83. The third kappa shape index (κ3) is 5.04. The minimum absolute atomic E-state index is 0.127. The summed E-state index contributed by atoms with van der Waals surface area (Å²) in [7, 11) is 4.14. The van der Waals surface area contributed by atoms with Crippen LogP contribution >= 0.6 is 11.6 Å². The fraction of sp³-hybridized carbons (Fsp3) is 0.263. The molecule has 2 rings (SSSR count). The van der Waals surface area contributed by atoms with Gasteiger partial charge in [-0.3, -0.25) is 4.79 Å². The van der Waals surface area contributed by atoms with Crippen LogP contribution in [0.4, 0.5) is 5.69 Å². The number of benzene rings is 2. The molecule has 0 spiro atoms. The van der Waals surface area contributed by atoms with Crippen LogP contribution in [0.25, 0.3) is 0 Å². The first-order chi connectivity index (χ1) is 12.9. The summed E-state index contributed by atoms with van der Waals surface area (Å²) in [4.78, 5) is 24.6. The predicted molar refractivity (Wildman–Crippen MR) is 101 cm³/mol. The van der Waals surface area contributed by atoms with Crippen LogP contribution in [0.15, 0.2) is 36.4 Å². The van der Waals surface area contributed by atoms with Gasteiger partial charge >= 0.3 is 5.97 Å². The van der Waals surface area contributed by atoms with Crippen LogP contribution in [0, 0.1) is 0 Å². The summed E-state index contributed by atoms with van der Waals surface area (Å²) in [5, 5.41) is 3.22. The first-order valence-electron chi connectivity index (χ1n) is 7.97. The van der Waals surface area contributed by atoms with Crippen LogP contribution in [-0.2, 0) is 9.53 Å². The van der Waals surface area contributed by atoms with Gasteiger partial charge in [0.2, 0.25) is 0 Å². The molecule has 0 bridgehead atoms. The second-order valence-corrected chi connectivity index (χ2v) is 5.88. The number of amides is 1. The highest BCUT2D eigenvalue weighted by atomic mass is 35.5. The van der Waals surface area contributed by atoms with Crippen molar-refractivity contribution in [3.63, 3.8) is 0 Å². The number of halogens is 1. The molecule has 1 amide bonds. The molecule has 1 atom stereocenters. The fourth-order valence-corrected chi connectivity index (χ4v) is 2.39. The highest BCUT2D eigenvalue weighted by Crippen LogP contribution is 2.34. The van der Waals surface area contributed by atoms with E-state index in [0.29, 0.717) is 22.3 Å². The second-order valence-electron chi connectivity index (χ2n) is 5.45. The number of esters is 1. The van der Waals surface area contributed by atoms with E-state index in [0.717, 1.165) is 0 Å². The van der Waals surface area contributed by atoms with Crippen LogP contribution in [0.5, 0.6) is 17.2 Å². The Morgan fingerprint density at radius 2 is 1.59 bits per heavy atom. The number of nitrogens with one attached hydrogen (secondary N) is 1. The molecule has 0 heterocycles. The van der Waals surface area contributed by atoms with Crippen LogP contribution in [-0.4, -0.2) is 39.3 Å². The molecule has 0 aliphatic rings. The van der Waals surface area contributed by atoms with Crippen molar-refractivity contribution in [3.8, 4) is 17.2 Å². The van der Waals surface area contributed by atoms with Gasteiger partial charge in [-0.15, -0.1) is 0 Å². The Labute approximate surface area is 162 Å². The number of anilines is 1. The number of carbonyl (C=O) groups excluding carboxylic acids is 2. The number of rotatable bonds is 7. The normalized spacial score (nSPS) is 11.3. The van der Waals surface area contributed by atoms with Crippen LogP contribution < -0.4 is 19.5 Å². The van der Waals surface area contributed by atoms with Crippen LogP contribution in [0.2, 0.25) is 5.02 Å². The molecule has 0 saturated heterocycles. The minimum Gasteiger partial charge on any atom is -0.493 e. The van der Waals surface area contributed by atoms with Gasteiger partial charge in [-0.05, 0) is 31.2 Å². The quantitative estimate of drug-likeness (QED) is 0.724. The van der Waals surface area contributed by atoms with Crippen molar-refractivity contribution in [2.75, 3.05) is 26.6 Å². The summed E-state index contributed by atoms with van der Waals surface area (Å²) in [6, 6.07) is 9.55. The minimum atomic E-state index is -0.829. The van der Waals surface area contributed by atoms with Crippen molar-refractivity contribution in [3.05, 3.63) is 47.0 Å². The van der Waals surface area contributed by atoms with E-state index >= 15 is 0 Å². The van der Waals surface area contributed by atoms with Gasteiger partial charge in [-0.2, -0.15) is 0 Å². The van der Waals surface area contributed by atoms with Gasteiger partial charge in [0.05, 0.1) is 32.6 Å². The lowest BCUT2D eigenvalue weighted by atomic mass is 10.1. The average molecular weight is 394 g/mol. The summed E-state index contributed by atoms with van der Waals surface area (Å²) in [6.45, 7) is 1.59. The molecule has 0 aromatic heterocycles. The molecule has 0 fully saturated rings. The molecule has 0 aliphatic heterocycles. The maximum absolute atomic E-state index is 12.5. The van der Waals surface area contributed by atoms with Gasteiger partial charge < -0.3 is 24.3 Å². The molecular formula is C19H20ClNO6. The van der Waals surface area contributed by atoms with E-state index in [4.69, 9.17) is 30.5 Å². The Balaban J connectivity index is 2.24. The zero-order chi connectivity index (χ0) is 20.0. The van der Waals surface area contributed by atoms with Gasteiger partial charge in [0.15, 0.2) is 17.6 Å². The molecule has 8 heteroatoms. The monoisotopic (exact) mass is 393 g/mol. The highest BCUT2D eigenvalue weighted by molar-refractivity contribution is 6.30. The lowest BCUT2D eigenvalue weighted by Crippen LogP contribution is -2.30. The number of hydrogen-bond donors (Lipinski definition) is 1. The van der Waals surface area contributed by atoms with E-state index in [1.165, 1.54) is 33.5 Å². The molecule has 7 nitrogen and oxygen atoms in total. The van der Waals surface area contributed by atoms with Gasteiger partial charge in [-0.25, -0.2) is 4.79 Å². The Bertz CT molecular complexity index is 822. The zero-order valence-corrected chi connectivity index (χ0v) is 16.1. The van der Waals surface area contributed by atoms with Crippen molar-refractivity contribution in [1.82, 2.24) is 0 Å². The molecular weight excluding hydrogens is 374 g/mol. The third-order valence-corrected chi connectivity index (χ3v) is 3.93. The van der Waals surface area contributed by atoms with E-state index < -0.39 is 18.0 Å².